The van der Waals surface area contributed by atoms with Crippen molar-refractivity contribution in [3.05, 3.63) is 64.1 Å². The Balaban J connectivity index is 1.53. The molecule has 2 aromatic heterocycles. The summed E-state index contributed by atoms with van der Waals surface area (Å²) in [6.07, 6.45) is -1.28. The molecule has 10 nitrogen and oxygen atoms in total. The Morgan fingerprint density at radius 2 is 1.83 bits per heavy atom. The third-order valence-electron chi connectivity index (χ3n) is 7.68. The van der Waals surface area contributed by atoms with E-state index in [4.69, 9.17) is 4.74 Å². The lowest BCUT2D eigenvalue weighted by Crippen LogP contribution is -2.50. The van der Waals surface area contributed by atoms with Crippen LogP contribution in [0, 0.1) is 5.82 Å². The molecule has 1 aromatic carbocycles. The molecule has 0 spiro atoms. The normalized spacial score (nSPS) is 20.1. The van der Waals surface area contributed by atoms with Gasteiger partial charge in [-0.3, -0.25) is 9.59 Å². The fourth-order valence-corrected chi connectivity index (χ4v) is 5.13. The van der Waals surface area contributed by atoms with E-state index in [9.17, 15) is 22.8 Å². The third kappa shape index (κ3) is 6.09. The van der Waals surface area contributed by atoms with E-state index in [1.165, 1.54) is 24.5 Å². The first-order chi connectivity index (χ1) is 19.9. The second-order valence-corrected chi connectivity index (χ2v) is 10.6. The Morgan fingerprint density at radius 1 is 1.10 bits per heavy atom. The fraction of sp³-hybridized carbons (Fsp3) is 0.429. The van der Waals surface area contributed by atoms with E-state index >= 15 is 4.39 Å². The number of aromatic amines is 1. The second kappa shape index (κ2) is 11.7. The van der Waals surface area contributed by atoms with Gasteiger partial charge in [-0.15, -0.1) is 0 Å². The highest BCUT2D eigenvalue weighted by atomic mass is 19.4. The van der Waals surface area contributed by atoms with Crippen LogP contribution in [-0.4, -0.2) is 84.3 Å². The van der Waals surface area contributed by atoms with Crippen molar-refractivity contribution in [2.24, 2.45) is 0 Å². The minimum absolute atomic E-state index is 0.0583. The van der Waals surface area contributed by atoms with E-state index in [1.807, 2.05) is 30.7 Å². The van der Waals surface area contributed by atoms with Crippen LogP contribution in [0.25, 0.3) is 11.1 Å². The molecule has 0 bridgehead atoms. The van der Waals surface area contributed by atoms with Crippen molar-refractivity contribution >= 4 is 23.2 Å². The summed E-state index contributed by atoms with van der Waals surface area (Å²) in [5.41, 5.74) is -2.31. The number of benzene rings is 1. The number of morpholine rings is 1. The lowest BCUT2D eigenvalue weighted by Gasteiger charge is -2.39. The molecule has 0 aliphatic carbocycles. The molecule has 5 rings (SSSR count). The molecule has 2 fully saturated rings. The quantitative estimate of drug-likeness (QED) is 0.435. The number of alkyl halides is 3. The SMILES string of the molecule is C[C@H]1CN(c2cc(F)c(-c3cnc(N4CCOC[C@@H]4C)nc3)cc2NC(=O)c2c[nH]c(=O)cc2C(F)(F)F)CCN1C. The number of halogens is 4. The first kappa shape index (κ1) is 29.5. The number of carbonyl (C=O) groups is 1. The van der Waals surface area contributed by atoms with E-state index in [0.717, 1.165) is 6.20 Å². The number of hydrogen-bond acceptors (Lipinski definition) is 8. The molecule has 42 heavy (non-hydrogen) atoms. The van der Waals surface area contributed by atoms with Crippen molar-refractivity contribution in [3.63, 3.8) is 0 Å². The Hall–Kier alpha value is -4.04. The van der Waals surface area contributed by atoms with Crippen molar-refractivity contribution in [1.29, 1.82) is 0 Å². The van der Waals surface area contributed by atoms with Crippen LogP contribution in [0.4, 0.5) is 34.9 Å². The molecule has 224 valence electrons. The lowest BCUT2D eigenvalue weighted by molar-refractivity contribution is -0.138. The van der Waals surface area contributed by atoms with Gasteiger partial charge in [-0.05, 0) is 33.0 Å². The number of anilines is 3. The van der Waals surface area contributed by atoms with Gasteiger partial charge in [-0.2, -0.15) is 13.2 Å². The number of ether oxygens (including phenoxy) is 1. The van der Waals surface area contributed by atoms with Crippen molar-refractivity contribution in [2.75, 3.05) is 61.6 Å². The van der Waals surface area contributed by atoms with Crippen LogP contribution in [-0.2, 0) is 10.9 Å². The molecule has 2 aliphatic rings. The van der Waals surface area contributed by atoms with Gasteiger partial charge >= 0.3 is 6.18 Å². The standard InChI is InChI=1S/C28H31F4N7O3/c1-16-14-38(5-4-37(16)3)24-10-22(29)19(18-11-34-27(35-12-18)39-6-7-42-15-17(39)2)8-23(24)36-26(41)20-13-33-25(40)9-21(20)28(30,31)32/h8-13,16-17H,4-7,14-15H2,1-3H3,(H,33,40)(H,36,41)/t16-,17-/m0/s1. The van der Waals surface area contributed by atoms with Gasteiger partial charge in [0, 0.05) is 68.0 Å². The Morgan fingerprint density at radius 3 is 2.50 bits per heavy atom. The van der Waals surface area contributed by atoms with Crippen LogP contribution in [0.1, 0.15) is 29.8 Å². The minimum Gasteiger partial charge on any atom is -0.377 e. The van der Waals surface area contributed by atoms with Crippen LogP contribution in [0.2, 0.25) is 0 Å². The summed E-state index contributed by atoms with van der Waals surface area (Å²) in [7, 11) is 1.96. The number of pyridine rings is 1. The van der Waals surface area contributed by atoms with E-state index in [1.54, 1.807) is 0 Å². The summed E-state index contributed by atoms with van der Waals surface area (Å²) in [5.74, 6) is -1.25. The van der Waals surface area contributed by atoms with E-state index in [0.29, 0.717) is 62.7 Å². The molecular weight excluding hydrogens is 558 g/mol. The van der Waals surface area contributed by atoms with Crippen molar-refractivity contribution in [3.8, 4) is 11.1 Å². The molecular formula is C28H31F4N7O3. The highest BCUT2D eigenvalue weighted by Crippen LogP contribution is 2.37. The van der Waals surface area contributed by atoms with Crippen molar-refractivity contribution in [1.82, 2.24) is 19.9 Å². The number of hydrogen-bond donors (Lipinski definition) is 2. The lowest BCUT2D eigenvalue weighted by atomic mass is 10.0. The molecule has 14 heteroatoms. The zero-order valence-electron chi connectivity index (χ0n) is 23.3. The van der Waals surface area contributed by atoms with Gasteiger partial charge < -0.3 is 29.7 Å². The Kier molecular flexibility index (Phi) is 8.19. The molecule has 0 saturated carbocycles. The zero-order valence-corrected chi connectivity index (χ0v) is 23.3. The maximum Gasteiger partial charge on any atom is 0.417 e. The van der Waals surface area contributed by atoms with E-state index in [2.05, 4.69) is 25.2 Å². The number of piperazine rings is 1. The summed E-state index contributed by atoms with van der Waals surface area (Å²) < 4.78 is 62.2. The van der Waals surface area contributed by atoms with Crippen LogP contribution < -0.4 is 20.7 Å². The molecule has 2 aliphatic heterocycles. The highest BCUT2D eigenvalue weighted by molar-refractivity contribution is 6.07. The first-order valence-electron chi connectivity index (χ1n) is 13.5. The van der Waals surface area contributed by atoms with E-state index in [-0.39, 0.29) is 23.3 Å². The Labute approximate surface area is 239 Å². The monoisotopic (exact) mass is 589 g/mol. The minimum atomic E-state index is -4.94. The van der Waals surface area contributed by atoms with Gasteiger partial charge in [0.1, 0.15) is 5.82 Å². The maximum atomic E-state index is 15.7. The molecule has 1 amide bonds. The number of carbonyl (C=O) groups excluding carboxylic acids is 1. The smallest absolute Gasteiger partial charge is 0.377 e. The van der Waals surface area contributed by atoms with Crippen LogP contribution in [0.5, 0.6) is 0 Å². The molecule has 4 heterocycles. The van der Waals surface area contributed by atoms with Crippen molar-refractivity contribution < 1.29 is 27.1 Å². The summed E-state index contributed by atoms with van der Waals surface area (Å²) >= 11 is 0. The van der Waals surface area contributed by atoms with Gasteiger partial charge in [-0.1, -0.05) is 0 Å². The topological polar surface area (TPSA) is 107 Å². The molecule has 3 aromatic rings. The zero-order chi connectivity index (χ0) is 30.2. The predicted molar refractivity (Wildman–Crippen MR) is 149 cm³/mol. The number of likely N-dealkylation sites (N-methyl/N-ethyl adjacent to an activating group) is 1. The summed E-state index contributed by atoms with van der Waals surface area (Å²) in [5, 5.41) is 2.54. The fourth-order valence-electron chi connectivity index (χ4n) is 5.13. The maximum absolute atomic E-state index is 15.7. The predicted octanol–water partition coefficient (Wildman–Crippen LogP) is 3.61. The van der Waals surface area contributed by atoms with Crippen LogP contribution in [0.15, 0.2) is 41.6 Å². The molecule has 0 unspecified atom stereocenters. The summed E-state index contributed by atoms with van der Waals surface area (Å²) in [4.78, 5) is 41.8. The average molecular weight is 590 g/mol. The van der Waals surface area contributed by atoms with Gasteiger partial charge in [-0.25, -0.2) is 14.4 Å². The summed E-state index contributed by atoms with van der Waals surface area (Å²) in [6.45, 7) is 7.31. The number of nitrogens with one attached hydrogen (secondary N) is 2. The number of H-pyrrole nitrogens is 1. The van der Waals surface area contributed by atoms with Gasteiger partial charge in [0.25, 0.3) is 5.91 Å². The van der Waals surface area contributed by atoms with E-state index < -0.39 is 34.6 Å². The number of aromatic nitrogens is 3. The number of amides is 1. The molecule has 2 saturated heterocycles. The third-order valence-corrected chi connectivity index (χ3v) is 7.68. The van der Waals surface area contributed by atoms with Gasteiger partial charge in [0.2, 0.25) is 11.5 Å². The average Bonchev–Trinajstić information content (AvgIpc) is 2.95. The van der Waals surface area contributed by atoms with Gasteiger partial charge in [0.15, 0.2) is 0 Å². The Bertz CT molecular complexity index is 1510. The number of rotatable bonds is 5. The first-order valence-corrected chi connectivity index (χ1v) is 13.5. The molecule has 0 radical (unpaired) electrons. The van der Waals surface area contributed by atoms with Crippen LogP contribution >= 0.6 is 0 Å². The largest absolute Gasteiger partial charge is 0.417 e. The highest BCUT2D eigenvalue weighted by Gasteiger charge is 2.36. The molecule has 2 N–H and O–H groups in total. The van der Waals surface area contributed by atoms with Gasteiger partial charge in [0.05, 0.1) is 41.8 Å². The molecule has 2 atom stereocenters. The number of nitrogens with zero attached hydrogens (tertiary/aromatic N) is 5. The second-order valence-electron chi connectivity index (χ2n) is 10.6. The van der Waals surface area contributed by atoms with Crippen LogP contribution in [0.3, 0.4) is 0 Å². The summed E-state index contributed by atoms with van der Waals surface area (Å²) in [6, 6.07) is 3.13. The van der Waals surface area contributed by atoms with Crippen molar-refractivity contribution in [2.45, 2.75) is 32.1 Å².